The molecule has 0 spiro atoms. The minimum absolute atomic E-state index is 0.102. The van der Waals surface area contributed by atoms with E-state index in [2.05, 4.69) is 71.5 Å². The van der Waals surface area contributed by atoms with E-state index >= 15 is 0 Å². The maximum Gasteiger partial charge on any atom is 0.235 e. The normalized spacial score (nSPS) is 11.1. The van der Waals surface area contributed by atoms with Crippen LogP contribution in [0.1, 0.15) is 22.5 Å². The number of para-hydroxylation sites is 1. The monoisotopic (exact) mass is 405 g/mol. The third-order valence-corrected chi connectivity index (χ3v) is 5.89. The fourth-order valence-electron chi connectivity index (χ4n) is 3.36. The average Bonchev–Trinajstić information content (AvgIpc) is 3.26. The molecule has 2 heterocycles. The van der Waals surface area contributed by atoms with E-state index in [4.69, 9.17) is 4.52 Å². The second kappa shape index (κ2) is 8.17. The summed E-state index contributed by atoms with van der Waals surface area (Å²) >= 11 is 1.53. The number of aryl methyl sites for hydroxylation is 3. The lowest BCUT2D eigenvalue weighted by Gasteiger charge is -2.09. The first-order chi connectivity index (χ1) is 14.0. The number of carbonyl (C=O) groups is 1. The van der Waals surface area contributed by atoms with Crippen LogP contribution in [0.15, 0.2) is 64.1 Å². The Morgan fingerprint density at radius 1 is 1.14 bits per heavy atom. The summed E-state index contributed by atoms with van der Waals surface area (Å²) in [6, 6.07) is 16.6. The van der Waals surface area contributed by atoms with Gasteiger partial charge in [-0.15, -0.1) is 11.8 Å². The van der Waals surface area contributed by atoms with Gasteiger partial charge in [0.15, 0.2) is 5.82 Å². The molecule has 29 heavy (non-hydrogen) atoms. The van der Waals surface area contributed by atoms with E-state index in [-0.39, 0.29) is 5.91 Å². The van der Waals surface area contributed by atoms with Crippen molar-refractivity contribution in [3.8, 4) is 0 Å². The molecule has 0 fully saturated rings. The zero-order valence-electron chi connectivity index (χ0n) is 16.7. The highest BCUT2D eigenvalue weighted by atomic mass is 32.2. The molecule has 1 N–H and O–H groups in total. The third-order valence-electron chi connectivity index (χ3n) is 4.85. The van der Waals surface area contributed by atoms with Gasteiger partial charge in [-0.2, -0.15) is 0 Å². The molecule has 0 aliphatic rings. The van der Waals surface area contributed by atoms with Crippen LogP contribution in [-0.4, -0.2) is 21.4 Å². The molecule has 0 aliphatic carbocycles. The van der Waals surface area contributed by atoms with E-state index in [0.29, 0.717) is 17.3 Å². The maximum absolute atomic E-state index is 12.3. The number of thioether (sulfide) groups is 1. The van der Waals surface area contributed by atoms with Crippen LogP contribution in [0.25, 0.3) is 10.9 Å². The van der Waals surface area contributed by atoms with Crippen LogP contribution >= 0.6 is 11.8 Å². The quantitative estimate of drug-likeness (QED) is 0.440. The predicted molar refractivity (Wildman–Crippen MR) is 118 cm³/mol. The lowest BCUT2D eigenvalue weighted by molar-refractivity contribution is -0.113. The molecule has 0 bridgehead atoms. The Morgan fingerprint density at radius 2 is 1.97 bits per heavy atom. The fraction of sp³-hybridized carbons (Fsp3) is 0.217. The van der Waals surface area contributed by atoms with E-state index in [0.717, 1.165) is 16.8 Å². The largest absolute Gasteiger partial charge is 0.360 e. The van der Waals surface area contributed by atoms with Gasteiger partial charge in [-0.25, -0.2) is 0 Å². The summed E-state index contributed by atoms with van der Waals surface area (Å²) in [7, 11) is 0. The van der Waals surface area contributed by atoms with Crippen LogP contribution in [0, 0.1) is 20.8 Å². The summed E-state index contributed by atoms with van der Waals surface area (Å²) < 4.78 is 7.25. The van der Waals surface area contributed by atoms with Gasteiger partial charge in [-0.1, -0.05) is 47.1 Å². The molecule has 0 saturated carbocycles. The summed E-state index contributed by atoms with van der Waals surface area (Å²) in [6.07, 6.45) is 2.14. The van der Waals surface area contributed by atoms with Gasteiger partial charge in [0.2, 0.25) is 5.91 Å². The van der Waals surface area contributed by atoms with Gasteiger partial charge in [-0.05, 0) is 38.0 Å². The molecular weight excluding hydrogens is 382 g/mol. The SMILES string of the molecule is Cc1ccc(C)c(Cn2cc(SCC(=O)Nc3cc(C)on3)c3ccccc32)c1. The second-order valence-corrected chi connectivity index (χ2v) is 8.25. The van der Waals surface area contributed by atoms with Crippen LogP contribution in [0.3, 0.4) is 0 Å². The van der Waals surface area contributed by atoms with Crippen LogP contribution in [0.4, 0.5) is 5.82 Å². The van der Waals surface area contributed by atoms with Gasteiger partial charge in [-0.3, -0.25) is 4.79 Å². The number of aromatic nitrogens is 2. The Labute approximate surface area is 174 Å². The maximum atomic E-state index is 12.3. The number of carbonyl (C=O) groups excluding carboxylic acids is 1. The second-order valence-electron chi connectivity index (χ2n) is 7.23. The highest BCUT2D eigenvalue weighted by Gasteiger charge is 2.13. The number of amides is 1. The molecule has 6 heteroatoms. The molecular formula is C23H23N3O2S. The van der Waals surface area contributed by atoms with Gasteiger partial charge in [0.1, 0.15) is 5.76 Å². The number of hydrogen-bond donors (Lipinski definition) is 1. The van der Waals surface area contributed by atoms with Gasteiger partial charge >= 0.3 is 0 Å². The molecule has 0 radical (unpaired) electrons. The molecule has 0 saturated heterocycles. The predicted octanol–water partition coefficient (Wildman–Crippen LogP) is 5.33. The molecule has 4 rings (SSSR count). The molecule has 0 unspecified atom stereocenters. The van der Waals surface area contributed by atoms with Gasteiger partial charge in [0.25, 0.3) is 0 Å². The van der Waals surface area contributed by atoms with Crippen LogP contribution in [0.2, 0.25) is 0 Å². The minimum Gasteiger partial charge on any atom is -0.360 e. The summed E-state index contributed by atoms with van der Waals surface area (Å²) in [5, 5.41) is 7.74. The summed E-state index contributed by atoms with van der Waals surface area (Å²) in [5.41, 5.74) is 5.02. The number of benzene rings is 2. The lowest BCUT2D eigenvalue weighted by Crippen LogP contribution is -2.14. The van der Waals surface area contributed by atoms with Crippen molar-refractivity contribution in [2.24, 2.45) is 0 Å². The van der Waals surface area contributed by atoms with Gasteiger partial charge in [0.05, 0.1) is 5.75 Å². The molecule has 2 aromatic heterocycles. The Morgan fingerprint density at radius 3 is 2.76 bits per heavy atom. The van der Waals surface area contributed by atoms with Crippen molar-refractivity contribution in [1.82, 2.24) is 9.72 Å². The summed E-state index contributed by atoms with van der Waals surface area (Å²) in [6.45, 7) is 6.86. The topological polar surface area (TPSA) is 60.1 Å². The number of hydrogen-bond acceptors (Lipinski definition) is 4. The van der Waals surface area contributed by atoms with E-state index in [9.17, 15) is 4.79 Å². The average molecular weight is 406 g/mol. The molecule has 2 aromatic carbocycles. The van der Waals surface area contributed by atoms with Crippen LogP contribution in [-0.2, 0) is 11.3 Å². The standard InChI is InChI=1S/C23H23N3O2S/c1-15-8-9-16(2)18(10-15)12-26-13-21(19-6-4-5-7-20(19)26)29-14-23(27)24-22-11-17(3)28-25-22/h4-11,13H,12,14H2,1-3H3,(H,24,25,27). The minimum atomic E-state index is -0.102. The zero-order valence-corrected chi connectivity index (χ0v) is 17.5. The van der Waals surface area contributed by atoms with Crippen LogP contribution in [0.5, 0.6) is 0 Å². The van der Waals surface area contributed by atoms with Crippen molar-refractivity contribution in [1.29, 1.82) is 0 Å². The Bertz CT molecular complexity index is 1180. The molecule has 0 atom stereocenters. The lowest BCUT2D eigenvalue weighted by atomic mass is 10.1. The number of nitrogens with one attached hydrogen (secondary N) is 1. The van der Waals surface area contributed by atoms with E-state index in [1.165, 1.54) is 34.0 Å². The first-order valence-electron chi connectivity index (χ1n) is 9.49. The van der Waals surface area contributed by atoms with Crippen molar-refractivity contribution in [3.05, 3.63) is 77.2 Å². The van der Waals surface area contributed by atoms with Crippen molar-refractivity contribution < 1.29 is 9.32 Å². The molecule has 0 aliphatic heterocycles. The zero-order chi connectivity index (χ0) is 20.4. The number of anilines is 1. The van der Waals surface area contributed by atoms with Crippen molar-refractivity contribution in [2.75, 3.05) is 11.1 Å². The smallest absolute Gasteiger partial charge is 0.235 e. The fourth-order valence-corrected chi connectivity index (χ4v) is 4.25. The summed E-state index contributed by atoms with van der Waals surface area (Å²) in [5.74, 6) is 1.33. The van der Waals surface area contributed by atoms with Crippen molar-refractivity contribution in [2.45, 2.75) is 32.2 Å². The third kappa shape index (κ3) is 4.38. The first-order valence-corrected chi connectivity index (χ1v) is 10.5. The van der Waals surface area contributed by atoms with Crippen LogP contribution < -0.4 is 5.32 Å². The van der Waals surface area contributed by atoms with Crippen molar-refractivity contribution in [3.63, 3.8) is 0 Å². The Balaban J connectivity index is 1.54. The van der Waals surface area contributed by atoms with Gasteiger partial charge < -0.3 is 14.4 Å². The highest BCUT2D eigenvalue weighted by molar-refractivity contribution is 8.00. The Kier molecular flexibility index (Phi) is 5.45. The van der Waals surface area contributed by atoms with E-state index in [1.54, 1.807) is 13.0 Å². The van der Waals surface area contributed by atoms with E-state index in [1.807, 2.05) is 6.07 Å². The number of nitrogens with zero attached hydrogens (tertiary/aromatic N) is 2. The summed E-state index contributed by atoms with van der Waals surface area (Å²) in [4.78, 5) is 13.4. The number of fused-ring (bicyclic) bond motifs is 1. The molecule has 4 aromatic rings. The molecule has 148 valence electrons. The Hall–Kier alpha value is -2.99. The van der Waals surface area contributed by atoms with Gasteiger partial charge in [0, 0.05) is 34.6 Å². The first kappa shape index (κ1) is 19.3. The van der Waals surface area contributed by atoms with E-state index < -0.39 is 0 Å². The van der Waals surface area contributed by atoms with Crippen molar-refractivity contribution >= 4 is 34.4 Å². The molecule has 1 amide bonds. The highest BCUT2D eigenvalue weighted by Crippen LogP contribution is 2.31. The molecule has 5 nitrogen and oxygen atoms in total. The number of rotatable bonds is 6.